The van der Waals surface area contributed by atoms with Crippen molar-refractivity contribution in [1.29, 1.82) is 0 Å². The van der Waals surface area contributed by atoms with Crippen molar-refractivity contribution in [3.8, 4) is 0 Å². The molecule has 98 valence electrons. The van der Waals surface area contributed by atoms with Crippen LogP contribution in [-0.4, -0.2) is 75.5 Å². The van der Waals surface area contributed by atoms with Crippen molar-refractivity contribution in [3.05, 3.63) is 0 Å². The molecular weight excluding hydrogens is 228 g/mol. The number of aliphatic hydroxyl groups excluding tert-OH is 2. The van der Waals surface area contributed by atoms with Crippen molar-refractivity contribution < 1.29 is 24.9 Å². The number of nitrogens with zero attached hydrogens (tertiary/aromatic N) is 2. The van der Waals surface area contributed by atoms with Gasteiger partial charge in [-0.15, -0.1) is 0 Å². The molecule has 1 unspecified atom stereocenters. The number of aliphatic hydroxyl groups is 2. The molecule has 0 aromatic rings. The fraction of sp³-hybridized carbons (Fsp3) is 0.800. The van der Waals surface area contributed by atoms with Gasteiger partial charge in [-0.2, -0.15) is 0 Å². The monoisotopic (exact) mass is 246 g/mol. The van der Waals surface area contributed by atoms with E-state index in [2.05, 4.69) is 0 Å². The molecule has 0 aromatic carbocycles. The highest BCUT2D eigenvalue weighted by molar-refractivity contribution is 5.83. The predicted octanol–water partition coefficient (Wildman–Crippen LogP) is -1.06. The molecule has 0 bridgehead atoms. The second-order valence-electron chi connectivity index (χ2n) is 4.32. The molecule has 1 rings (SSSR count). The van der Waals surface area contributed by atoms with E-state index in [4.69, 9.17) is 10.2 Å². The molecule has 0 aromatic heterocycles. The molecule has 0 spiro atoms. The summed E-state index contributed by atoms with van der Waals surface area (Å²) in [6.45, 7) is 1.47. The van der Waals surface area contributed by atoms with Crippen molar-refractivity contribution in [1.82, 2.24) is 9.80 Å². The molecule has 0 radical (unpaired) electrons. The molecule has 3 atom stereocenters. The van der Waals surface area contributed by atoms with E-state index in [1.54, 1.807) is 6.92 Å². The molecule has 1 fully saturated rings. The van der Waals surface area contributed by atoms with E-state index in [0.717, 1.165) is 4.90 Å². The smallest absolute Gasteiger partial charge is 0.326 e. The van der Waals surface area contributed by atoms with Crippen LogP contribution in [0.4, 0.5) is 4.79 Å². The Bertz CT molecular complexity index is 309. The number of amides is 2. The van der Waals surface area contributed by atoms with E-state index in [-0.39, 0.29) is 19.6 Å². The summed E-state index contributed by atoms with van der Waals surface area (Å²) in [5, 5.41) is 27.3. The SMILES string of the molecule is CC(CO)N(C)C(=O)N1C[C@H](O)C[C@@H]1C(=O)O. The minimum absolute atomic E-state index is 0.0122. The molecule has 1 saturated heterocycles. The molecule has 7 nitrogen and oxygen atoms in total. The van der Waals surface area contributed by atoms with Crippen molar-refractivity contribution in [2.45, 2.75) is 31.5 Å². The number of aliphatic carboxylic acids is 1. The number of carbonyl (C=O) groups is 2. The Kier molecular flexibility index (Phi) is 4.30. The van der Waals surface area contributed by atoms with E-state index in [9.17, 15) is 14.7 Å². The third-order valence-corrected chi connectivity index (χ3v) is 3.04. The van der Waals surface area contributed by atoms with Gasteiger partial charge < -0.3 is 25.1 Å². The highest BCUT2D eigenvalue weighted by atomic mass is 16.4. The molecule has 0 aliphatic carbocycles. The largest absolute Gasteiger partial charge is 0.480 e. The van der Waals surface area contributed by atoms with Crippen molar-refractivity contribution in [2.24, 2.45) is 0 Å². The Balaban J connectivity index is 2.77. The van der Waals surface area contributed by atoms with Crippen LogP contribution in [0.1, 0.15) is 13.3 Å². The molecular formula is C10H18N2O5. The standard InChI is InChI=1S/C10H18N2O5/c1-6(5-13)11(2)10(17)12-4-7(14)3-8(12)9(15)16/h6-8,13-14H,3-5H2,1-2H3,(H,15,16)/t6?,7-,8-/m1/s1. The lowest BCUT2D eigenvalue weighted by Crippen LogP contribution is -2.50. The fourth-order valence-electron chi connectivity index (χ4n) is 1.77. The first-order valence-electron chi connectivity index (χ1n) is 5.43. The van der Waals surface area contributed by atoms with Gasteiger partial charge in [0.2, 0.25) is 0 Å². The number of carboxylic acids is 1. The van der Waals surface area contributed by atoms with Gasteiger partial charge in [0, 0.05) is 20.0 Å². The van der Waals surface area contributed by atoms with Gasteiger partial charge in [-0.1, -0.05) is 0 Å². The van der Waals surface area contributed by atoms with Crippen molar-refractivity contribution in [3.63, 3.8) is 0 Å². The quantitative estimate of drug-likeness (QED) is 0.589. The zero-order chi connectivity index (χ0) is 13.2. The summed E-state index contributed by atoms with van der Waals surface area (Å²) in [7, 11) is 1.49. The average Bonchev–Trinajstić information content (AvgIpc) is 2.68. The summed E-state index contributed by atoms with van der Waals surface area (Å²) >= 11 is 0. The van der Waals surface area contributed by atoms with Crippen LogP contribution in [0, 0.1) is 0 Å². The van der Waals surface area contributed by atoms with E-state index in [1.165, 1.54) is 11.9 Å². The normalized spacial score (nSPS) is 25.8. The van der Waals surface area contributed by atoms with Crippen LogP contribution in [0.5, 0.6) is 0 Å². The first kappa shape index (κ1) is 13.7. The Labute approximate surface area is 99.2 Å². The maximum absolute atomic E-state index is 12.0. The summed E-state index contributed by atoms with van der Waals surface area (Å²) < 4.78 is 0. The van der Waals surface area contributed by atoms with Crippen molar-refractivity contribution in [2.75, 3.05) is 20.2 Å². The summed E-state index contributed by atoms with van der Waals surface area (Å²) in [5.41, 5.74) is 0. The second kappa shape index (κ2) is 5.33. The number of rotatable bonds is 3. The van der Waals surface area contributed by atoms with Crippen LogP contribution in [0.3, 0.4) is 0 Å². The minimum Gasteiger partial charge on any atom is -0.480 e. The predicted molar refractivity (Wildman–Crippen MR) is 58.5 cm³/mol. The van der Waals surface area contributed by atoms with Gasteiger partial charge in [-0.3, -0.25) is 0 Å². The number of hydrogen-bond donors (Lipinski definition) is 3. The number of hydrogen-bond acceptors (Lipinski definition) is 4. The summed E-state index contributed by atoms with van der Waals surface area (Å²) in [5.74, 6) is -1.13. The zero-order valence-corrected chi connectivity index (χ0v) is 9.91. The van der Waals surface area contributed by atoms with E-state index < -0.39 is 30.2 Å². The third-order valence-electron chi connectivity index (χ3n) is 3.04. The third kappa shape index (κ3) is 2.86. The second-order valence-corrected chi connectivity index (χ2v) is 4.32. The topological polar surface area (TPSA) is 101 Å². The Morgan fingerprint density at radius 2 is 2.12 bits per heavy atom. The minimum atomic E-state index is -1.13. The van der Waals surface area contributed by atoms with Crippen molar-refractivity contribution >= 4 is 12.0 Å². The number of β-amino-alcohol motifs (C(OH)–C–C–N with tert-alkyl or cyclic N) is 1. The van der Waals surface area contributed by atoms with Crippen LogP contribution in [0.15, 0.2) is 0 Å². The number of likely N-dealkylation sites (tertiary alicyclic amines) is 1. The lowest BCUT2D eigenvalue weighted by Gasteiger charge is -2.30. The molecule has 1 aliphatic rings. The van der Waals surface area contributed by atoms with E-state index in [1.807, 2.05) is 0 Å². The molecule has 3 N–H and O–H groups in total. The van der Waals surface area contributed by atoms with E-state index in [0.29, 0.717) is 0 Å². The fourth-order valence-corrected chi connectivity index (χ4v) is 1.77. The molecule has 2 amide bonds. The molecule has 1 heterocycles. The van der Waals surface area contributed by atoms with Gasteiger partial charge in [0.25, 0.3) is 0 Å². The summed E-state index contributed by atoms with van der Waals surface area (Å²) in [6.07, 6.45) is -0.763. The highest BCUT2D eigenvalue weighted by Crippen LogP contribution is 2.20. The Morgan fingerprint density at radius 1 is 1.53 bits per heavy atom. The molecule has 17 heavy (non-hydrogen) atoms. The first-order chi connectivity index (χ1) is 7.88. The van der Waals surface area contributed by atoms with Gasteiger partial charge >= 0.3 is 12.0 Å². The van der Waals surface area contributed by atoms with Gasteiger partial charge in [0.05, 0.1) is 18.8 Å². The van der Waals surface area contributed by atoms with Crippen LogP contribution in [0.25, 0.3) is 0 Å². The summed E-state index contributed by atoms with van der Waals surface area (Å²) in [4.78, 5) is 25.3. The molecule has 7 heteroatoms. The zero-order valence-electron chi connectivity index (χ0n) is 9.91. The maximum atomic E-state index is 12.0. The van der Waals surface area contributed by atoms with Gasteiger partial charge in [0.1, 0.15) is 6.04 Å². The van der Waals surface area contributed by atoms with Gasteiger partial charge in [0.15, 0.2) is 0 Å². The Morgan fingerprint density at radius 3 is 2.59 bits per heavy atom. The van der Waals surface area contributed by atoms with E-state index >= 15 is 0 Å². The van der Waals surface area contributed by atoms with Crippen LogP contribution < -0.4 is 0 Å². The number of carboxylic acid groups (broad SMARTS) is 1. The molecule has 1 aliphatic heterocycles. The van der Waals surface area contributed by atoms with Crippen LogP contribution in [0.2, 0.25) is 0 Å². The lowest BCUT2D eigenvalue weighted by atomic mass is 10.2. The average molecular weight is 246 g/mol. The summed E-state index contributed by atoms with van der Waals surface area (Å²) in [6, 6.07) is -1.88. The lowest BCUT2D eigenvalue weighted by molar-refractivity contribution is -0.141. The number of carbonyl (C=O) groups excluding carboxylic acids is 1. The van der Waals surface area contributed by atoms with Crippen LogP contribution in [-0.2, 0) is 4.79 Å². The maximum Gasteiger partial charge on any atom is 0.326 e. The van der Waals surface area contributed by atoms with Gasteiger partial charge in [-0.25, -0.2) is 9.59 Å². The highest BCUT2D eigenvalue weighted by Gasteiger charge is 2.40. The number of urea groups is 1. The Hall–Kier alpha value is -1.34. The van der Waals surface area contributed by atoms with Gasteiger partial charge in [-0.05, 0) is 6.92 Å². The molecule has 0 saturated carbocycles. The first-order valence-corrected chi connectivity index (χ1v) is 5.43. The van der Waals surface area contributed by atoms with Crippen LogP contribution >= 0.6 is 0 Å². The number of likely N-dealkylation sites (N-methyl/N-ethyl adjacent to an activating group) is 1.